The molecule has 2 aromatic carbocycles. The van der Waals surface area contributed by atoms with E-state index in [-0.39, 0.29) is 18.2 Å². The van der Waals surface area contributed by atoms with E-state index in [1.165, 1.54) is 6.08 Å². The monoisotopic (exact) mass is 353 g/mol. The molecule has 0 saturated heterocycles. The summed E-state index contributed by atoms with van der Waals surface area (Å²) in [5.74, 6) is -0.460. The van der Waals surface area contributed by atoms with Crippen LogP contribution in [0.15, 0.2) is 61.2 Å². The second kappa shape index (κ2) is 9.03. The predicted molar refractivity (Wildman–Crippen MR) is 100 cm³/mol. The molecule has 7 heteroatoms. The molecule has 4 N–H and O–H groups in total. The van der Waals surface area contributed by atoms with Crippen molar-refractivity contribution in [1.82, 2.24) is 0 Å². The first-order chi connectivity index (χ1) is 12.5. The summed E-state index contributed by atoms with van der Waals surface area (Å²) in [4.78, 5) is 33.9. The van der Waals surface area contributed by atoms with Crippen molar-refractivity contribution in [1.29, 1.82) is 0 Å². The van der Waals surface area contributed by atoms with Crippen molar-refractivity contribution in [3.8, 4) is 0 Å². The van der Waals surface area contributed by atoms with Crippen LogP contribution in [0.2, 0.25) is 0 Å². The van der Waals surface area contributed by atoms with Gasteiger partial charge in [-0.25, -0.2) is 4.79 Å². The van der Waals surface area contributed by atoms with Gasteiger partial charge in [-0.1, -0.05) is 24.8 Å². The van der Waals surface area contributed by atoms with Gasteiger partial charge in [0.2, 0.25) is 11.8 Å². The first-order valence-electron chi connectivity index (χ1n) is 7.88. The maximum atomic E-state index is 12.1. The molecule has 0 heterocycles. The maximum absolute atomic E-state index is 12.1. The van der Waals surface area contributed by atoms with Crippen LogP contribution in [0.4, 0.5) is 21.9 Å². The predicted octanol–water partition coefficient (Wildman–Crippen LogP) is 3.47. The van der Waals surface area contributed by atoms with Gasteiger partial charge in [-0.3, -0.25) is 14.9 Å². The average molecular weight is 353 g/mol. The molecule has 0 bridgehead atoms. The first-order valence-corrected chi connectivity index (χ1v) is 7.88. The van der Waals surface area contributed by atoms with Crippen LogP contribution in [0.3, 0.4) is 0 Å². The molecule has 0 unspecified atom stereocenters. The second-order valence-electron chi connectivity index (χ2n) is 5.45. The van der Waals surface area contributed by atoms with Crippen LogP contribution in [-0.2, 0) is 16.0 Å². The summed E-state index contributed by atoms with van der Waals surface area (Å²) < 4.78 is 0. The van der Waals surface area contributed by atoms with E-state index >= 15 is 0 Å². The highest BCUT2D eigenvalue weighted by Crippen LogP contribution is 2.16. The van der Waals surface area contributed by atoms with E-state index in [0.29, 0.717) is 23.5 Å². The zero-order chi connectivity index (χ0) is 18.9. The standard InChI is InChI=1S/C19H19N3O4/c1-2-17(23)20-14-9-6-13(7-10-14)8-11-18(24)21-15-4-3-5-16(12-15)22-19(25)26/h2-7,9-10,12,22H,1,8,11H2,(H,20,23)(H,21,24)(H,25,26). The Bertz CT molecular complexity index is 816. The highest BCUT2D eigenvalue weighted by molar-refractivity contribution is 5.98. The summed E-state index contributed by atoms with van der Waals surface area (Å²) in [5, 5.41) is 16.3. The molecular formula is C19H19N3O4. The minimum absolute atomic E-state index is 0.179. The van der Waals surface area contributed by atoms with Gasteiger partial charge in [-0.05, 0) is 48.4 Å². The fourth-order valence-corrected chi connectivity index (χ4v) is 2.23. The number of carbonyl (C=O) groups excluding carboxylic acids is 2. The number of rotatable bonds is 7. The van der Waals surface area contributed by atoms with Gasteiger partial charge in [0.25, 0.3) is 0 Å². The fourth-order valence-electron chi connectivity index (χ4n) is 2.23. The van der Waals surface area contributed by atoms with E-state index in [0.717, 1.165) is 5.56 Å². The number of anilines is 3. The zero-order valence-corrected chi connectivity index (χ0v) is 14.0. The third kappa shape index (κ3) is 6.12. The Labute approximate surface area is 150 Å². The van der Waals surface area contributed by atoms with E-state index < -0.39 is 6.09 Å². The van der Waals surface area contributed by atoms with E-state index in [4.69, 9.17) is 5.11 Å². The summed E-state index contributed by atoms with van der Waals surface area (Å²) in [6, 6.07) is 13.7. The molecule has 0 aliphatic carbocycles. The number of amides is 3. The Morgan fingerprint density at radius 3 is 2.19 bits per heavy atom. The molecule has 2 rings (SSSR count). The summed E-state index contributed by atoms with van der Waals surface area (Å²) >= 11 is 0. The van der Waals surface area contributed by atoms with Crippen LogP contribution >= 0.6 is 0 Å². The summed E-state index contributed by atoms with van der Waals surface area (Å²) in [7, 11) is 0. The number of carbonyl (C=O) groups is 3. The Kier molecular flexibility index (Phi) is 6.50. The van der Waals surface area contributed by atoms with E-state index in [1.54, 1.807) is 36.4 Å². The Morgan fingerprint density at radius 1 is 0.923 bits per heavy atom. The molecule has 134 valence electrons. The number of carboxylic acid groups (broad SMARTS) is 1. The molecule has 0 aromatic heterocycles. The lowest BCUT2D eigenvalue weighted by molar-refractivity contribution is -0.116. The van der Waals surface area contributed by atoms with Gasteiger partial charge in [0.05, 0.1) is 0 Å². The number of aryl methyl sites for hydroxylation is 1. The summed E-state index contributed by atoms with van der Waals surface area (Å²) in [5.41, 5.74) is 2.51. The van der Waals surface area contributed by atoms with Crippen LogP contribution < -0.4 is 16.0 Å². The molecule has 26 heavy (non-hydrogen) atoms. The molecule has 0 saturated carbocycles. The van der Waals surface area contributed by atoms with Gasteiger partial charge >= 0.3 is 6.09 Å². The van der Waals surface area contributed by atoms with E-state index in [9.17, 15) is 14.4 Å². The van der Waals surface area contributed by atoms with Crippen LogP contribution in [0, 0.1) is 0 Å². The van der Waals surface area contributed by atoms with Gasteiger partial charge in [0, 0.05) is 23.5 Å². The summed E-state index contributed by atoms with van der Waals surface area (Å²) in [6.07, 6.45) is 0.837. The maximum Gasteiger partial charge on any atom is 0.409 e. The molecule has 7 nitrogen and oxygen atoms in total. The van der Waals surface area contributed by atoms with Crippen LogP contribution in [0.5, 0.6) is 0 Å². The van der Waals surface area contributed by atoms with Crippen molar-refractivity contribution < 1.29 is 19.5 Å². The van der Waals surface area contributed by atoms with Crippen molar-refractivity contribution in [3.05, 3.63) is 66.7 Å². The Morgan fingerprint density at radius 2 is 1.58 bits per heavy atom. The molecule has 0 spiro atoms. The van der Waals surface area contributed by atoms with Crippen LogP contribution in [-0.4, -0.2) is 23.0 Å². The third-order valence-electron chi connectivity index (χ3n) is 3.45. The fraction of sp³-hybridized carbons (Fsp3) is 0.105. The quantitative estimate of drug-likeness (QED) is 0.572. The molecule has 0 fully saturated rings. The number of hydrogen-bond donors (Lipinski definition) is 4. The lowest BCUT2D eigenvalue weighted by atomic mass is 10.1. The smallest absolute Gasteiger partial charge is 0.409 e. The average Bonchev–Trinajstić information content (AvgIpc) is 2.60. The molecule has 0 aliphatic rings. The van der Waals surface area contributed by atoms with Crippen molar-refractivity contribution in [2.75, 3.05) is 16.0 Å². The lowest BCUT2D eigenvalue weighted by Gasteiger charge is -2.08. The largest absolute Gasteiger partial charge is 0.465 e. The van der Waals surface area contributed by atoms with Crippen molar-refractivity contribution in [3.63, 3.8) is 0 Å². The van der Waals surface area contributed by atoms with Crippen LogP contribution in [0.1, 0.15) is 12.0 Å². The van der Waals surface area contributed by atoms with E-state index in [2.05, 4.69) is 22.5 Å². The Balaban J connectivity index is 1.86. The van der Waals surface area contributed by atoms with Gasteiger partial charge in [-0.2, -0.15) is 0 Å². The molecule has 0 atom stereocenters. The van der Waals surface area contributed by atoms with E-state index in [1.807, 2.05) is 12.1 Å². The molecule has 0 radical (unpaired) electrons. The minimum Gasteiger partial charge on any atom is -0.465 e. The van der Waals surface area contributed by atoms with Gasteiger partial charge in [-0.15, -0.1) is 0 Å². The third-order valence-corrected chi connectivity index (χ3v) is 3.45. The first kappa shape index (κ1) is 18.7. The Hall–Kier alpha value is -3.61. The lowest BCUT2D eigenvalue weighted by Crippen LogP contribution is -2.13. The highest BCUT2D eigenvalue weighted by atomic mass is 16.4. The van der Waals surface area contributed by atoms with Gasteiger partial charge in [0.15, 0.2) is 0 Å². The molecular weight excluding hydrogens is 334 g/mol. The van der Waals surface area contributed by atoms with Crippen molar-refractivity contribution >= 4 is 35.0 Å². The van der Waals surface area contributed by atoms with Gasteiger partial charge in [0.1, 0.15) is 0 Å². The molecule has 2 aromatic rings. The number of hydrogen-bond acceptors (Lipinski definition) is 3. The summed E-state index contributed by atoms with van der Waals surface area (Å²) in [6.45, 7) is 3.39. The molecule has 3 amide bonds. The topological polar surface area (TPSA) is 108 Å². The number of benzene rings is 2. The van der Waals surface area contributed by atoms with Crippen molar-refractivity contribution in [2.24, 2.45) is 0 Å². The zero-order valence-electron chi connectivity index (χ0n) is 14.0. The normalized spacial score (nSPS) is 9.85. The number of nitrogens with one attached hydrogen (secondary N) is 3. The van der Waals surface area contributed by atoms with Crippen LogP contribution in [0.25, 0.3) is 0 Å². The van der Waals surface area contributed by atoms with Gasteiger partial charge < -0.3 is 15.7 Å². The van der Waals surface area contributed by atoms with Crippen molar-refractivity contribution in [2.45, 2.75) is 12.8 Å². The highest BCUT2D eigenvalue weighted by Gasteiger charge is 2.05. The molecule has 0 aliphatic heterocycles. The minimum atomic E-state index is -1.17. The second-order valence-corrected chi connectivity index (χ2v) is 5.45. The SMILES string of the molecule is C=CC(=O)Nc1ccc(CCC(=O)Nc2cccc(NC(=O)O)c2)cc1.